The van der Waals surface area contributed by atoms with Gasteiger partial charge in [0.05, 0.1) is 0 Å². The van der Waals surface area contributed by atoms with E-state index in [1.807, 2.05) is 0 Å². The Labute approximate surface area is 93.2 Å². The monoisotopic (exact) mass is 247 g/mol. The maximum absolute atomic E-state index is 11.4. The van der Waals surface area contributed by atoms with Crippen molar-refractivity contribution in [2.45, 2.75) is 6.54 Å². The molecule has 0 unspecified atom stereocenters. The van der Waals surface area contributed by atoms with E-state index in [2.05, 4.69) is 9.71 Å². The van der Waals surface area contributed by atoms with Crippen molar-refractivity contribution < 1.29 is 8.42 Å². The fraction of sp³-hybridized carbons (Fsp3) is 0.375. The molecule has 1 N–H and O–H groups in total. The predicted octanol–water partition coefficient (Wildman–Crippen LogP) is 0.385. The number of halogens is 1. The van der Waals surface area contributed by atoms with Gasteiger partial charge in [-0.05, 0) is 17.7 Å². The summed E-state index contributed by atoms with van der Waals surface area (Å²) in [4.78, 5) is 3.83. The molecule has 1 aromatic rings. The summed E-state index contributed by atoms with van der Waals surface area (Å²) in [5.41, 5.74) is 0.835. The topological polar surface area (TPSA) is 62.3 Å². The molecule has 0 spiro atoms. The number of pyridine rings is 1. The number of nitrogens with zero attached hydrogens (tertiary/aromatic N) is 2. The third-order valence-corrected chi connectivity index (χ3v) is 3.90. The summed E-state index contributed by atoms with van der Waals surface area (Å²) >= 11 is 5.71. The van der Waals surface area contributed by atoms with E-state index in [9.17, 15) is 8.42 Å². The molecule has 1 saturated heterocycles. The highest BCUT2D eigenvalue weighted by Crippen LogP contribution is 2.13. The molecule has 82 valence electrons. The molecule has 0 aliphatic carbocycles. The van der Waals surface area contributed by atoms with Gasteiger partial charge in [0.15, 0.2) is 0 Å². The van der Waals surface area contributed by atoms with Crippen LogP contribution in [0, 0.1) is 0 Å². The van der Waals surface area contributed by atoms with Gasteiger partial charge in [-0.3, -0.25) is 0 Å². The zero-order chi connectivity index (χ0) is 10.9. The minimum atomic E-state index is -3.28. The van der Waals surface area contributed by atoms with Crippen molar-refractivity contribution >= 4 is 21.8 Å². The third-order valence-electron chi connectivity index (χ3n) is 2.14. The SMILES string of the molecule is O=S1(=O)NCCN1Cc1ccnc(Cl)c1. The van der Waals surface area contributed by atoms with Crippen LogP contribution in [0.25, 0.3) is 0 Å². The highest BCUT2D eigenvalue weighted by molar-refractivity contribution is 7.87. The summed E-state index contributed by atoms with van der Waals surface area (Å²) in [5.74, 6) is 0. The van der Waals surface area contributed by atoms with E-state index < -0.39 is 10.2 Å². The number of hydrogen-bond donors (Lipinski definition) is 1. The maximum Gasteiger partial charge on any atom is 0.279 e. The van der Waals surface area contributed by atoms with Crippen molar-refractivity contribution in [2.75, 3.05) is 13.1 Å². The predicted molar refractivity (Wildman–Crippen MR) is 56.6 cm³/mol. The maximum atomic E-state index is 11.4. The van der Waals surface area contributed by atoms with Crippen molar-refractivity contribution in [1.82, 2.24) is 14.0 Å². The Morgan fingerprint density at radius 3 is 3.00 bits per heavy atom. The zero-order valence-electron chi connectivity index (χ0n) is 7.85. The Morgan fingerprint density at radius 2 is 2.40 bits per heavy atom. The molecule has 0 radical (unpaired) electrons. The molecule has 1 fully saturated rings. The molecule has 0 aromatic carbocycles. The molecule has 5 nitrogen and oxygen atoms in total. The quantitative estimate of drug-likeness (QED) is 0.769. The molecule has 1 aromatic heterocycles. The van der Waals surface area contributed by atoms with E-state index in [1.165, 1.54) is 4.31 Å². The molecule has 2 heterocycles. The Balaban J connectivity index is 2.16. The summed E-state index contributed by atoms with van der Waals surface area (Å²) in [6.07, 6.45) is 1.56. The Morgan fingerprint density at radius 1 is 1.60 bits per heavy atom. The van der Waals surface area contributed by atoms with Crippen LogP contribution in [0.4, 0.5) is 0 Å². The van der Waals surface area contributed by atoms with Gasteiger partial charge in [0.2, 0.25) is 0 Å². The van der Waals surface area contributed by atoms with Gasteiger partial charge in [0.25, 0.3) is 10.2 Å². The van der Waals surface area contributed by atoms with Crippen molar-refractivity contribution in [3.05, 3.63) is 29.0 Å². The van der Waals surface area contributed by atoms with Crippen LogP contribution < -0.4 is 4.72 Å². The van der Waals surface area contributed by atoms with Crippen LogP contribution in [0.2, 0.25) is 5.15 Å². The summed E-state index contributed by atoms with van der Waals surface area (Å²) in [6, 6.07) is 3.41. The van der Waals surface area contributed by atoms with E-state index in [1.54, 1.807) is 18.3 Å². The number of aromatic nitrogens is 1. The van der Waals surface area contributed by atoms with Crippen LogP contribution >= 0.6 is 11.6 Å². The first-order chi connectivity index (χ1) is 7.08. The average molecular weight is 248 g/mol. The fourth-order valence-corrected chi connectivity index (χ4v) is 2.80. The van der Waals surface area contributed by atoms with Crippen LogP contribution in [0.1, 0.15) is 5.56 Å². The standard InChI is InChI=1S/C8H10ClN3O2S/c9-8-5-7(1-2-10-8)6-12-4-3-11-15(12,13)14/h1-2,5,11H,3-4,6H2. The molecule has 0 saturated carbocycles. The summed E-state index contributed by atoms with van der Waals surface area (Å²) in [5, 5.41) is 0.372. The second kappa shape index (κ2) is 4.05. The van der Waals surface area contributed by atoms with Gasteiger partial charge < -0.3 is 0 Å². The van der Waals surface area contributed by atoms with Gasteiger partial charge in [-0.25, -0.2) is 9.71 Å². The lowest BCUT2D eigenvalue weighted by Gasteiger charge is -2.12. The van der Waals surface area contributed by atoms with Crippen LogP contribution in [0.15, 0.2) is 18.3 Å². The molecular formula is C8H10ClN3O2S. The Bertz CT molecular complexity index is 463. The molecule has 1 aliphatic heterocycles. The van der Waals surface area contributed by atoms with Gasteiger partial charge in [-0.1, -0.05) is 11.6 Å². The normalized spacial score (nSPS) is 20.6. The van der Waals surface area contributed by atoms with Crippen LogP contribution in [0.5, 0.6) is 0 Å². The lowest BCUT2D eigenvalue weighted by atomic mass is 10.3. The van der Waals surface area contributed by atoms with E-state index >= 15 is 0 Å². The van der Waals surface area contributed by atoms with Gasteiger partial charge in [-0.15, -0.1) is 0 Å². The first kappa shape index (κ1) is 10.8. The van der Waals surface area contributed by atoms with E-state index in [0.717, 1.165) is 5.56 Å². The highest BCUT2D eigenvalue weighted by atomic mass is 35.5. The number of hydrogen-bond acceptors (Lipinski definition) is 3. The lowest BCUT2D eigenvalue weighted by molar-refractivity contribution is 0.446. The fourth-order valence-electron chi connectivity index (χ4n) is 1.42. The summed E-state index contributed by atoms with van der Waals surface area (Å²) in [7, 11) is -3.28. The largest absolute Gasteiger partial charge is 0.279 e. The van der Waals surface area contributed by atoms with Crippen molar-refractivity contribution in [1.29, 1.82) is 0 Å². The highest BCUT2D eigenvalue weighted by Gasteiger charge is 2.27. The van der Waals surface area contributed by atoms with E-state index in [0.29, 0.717) is 24.8 Å². The second-order valence-corrected chi connectivity index (χ2v) is 5.36. The Kier molecular flexibility index (Phi) is 2.92. The molecule has 0 bridgehead atoms. The number of nitrogens with one attached hydrogen (secondary N) is 1. The van der Waals surface area contributed by atoms with Crippen LogP contribution in [-0.4, -0.2) is 30.8 Å². The Hall–Kier alpha value is -0.690. The summed E-state index contributed by atoms with van der Waals surface area (Å²) < 4.78 is 26.6. The summed E-state index contributed by atoms with van der Waals surface area (Å²) in [6.45, 7) is 1.28. The first-order valence-electron chi connectivity index (χ1n) is 4.43. The third kappa shape index (κ3) is 2.46. The van der Waals surface area contributed by atoms with E-state index in [4.69, 9.17) is 11.6 Å². The average Bonchev–Trinajstić information content (AvgIpc) is 2.46. The molecular weight excluding hydrogens is 238 g/mol. The van der Waals surface area contributed by atoms with Gasteiger partial charge >= 0.3 is 0 Å². The molecule has 0 atom stereocenters. The molecule has 7 heteroatoms. The molecule has 1 aliphatic rings. The minimum Gasteiger partial charge on any atom is -0.245 e. The van der Waals surface area contributed by atoms with Gasteiger partial charge in [0.1, 0.15) is 5.15 Å². The minimum absolute atomic E-state index is 0.331. The zero-order valence-corrected chi connectivity index (χ0v) is 9.42. The number of rotatable bonds is 2. The smallest absolute Gasteiger partial charge is 0.245 e. The lowest BCUT2D eigenvalue weighted by Crippen LogP contribution is -2.29. The molecule has 2 rings (SSSR count). The second-order valence-electron chi connectivity index (χ2n) is 3.22. The first-order valence-corrected chi connectivity index (χ1v) is 6.25. The van der Waals surface area contributed by atoms with Gasteiger partial charge in [-0.2, -0.15) is 12.7 Å². The van der Waals surface area contributed by atoms with Gasteiger partial charge in [0, 0.05) is 25.8 Å². The van der Waals surface area contributed by atoms with Crippen LogP contribution in [-0.2, 0) is 16.8 Å². The van der Waals surface area contributed by atoms with Crippen molar-refractivity contribution in [2.24, 2.45) is 0 Å². The van der Waals surface area contributed by atoms with Crippen molar-refractivity contribution in [3.63, 3.8) is 0 Å². The van der Waals surface area contributed by atoms with Crippen molar-refractivity contribution in [3.8, 4) is 0 Å². The molecule has 0 amide bonds. The van der Waals surface area contributed by atoms with E-state index in [-0.39, 0.29) is 0 Å². The molecule has 15 heavy (non-hydrogen) atoms. The van der Waals surface area contributed by atoms with Crippen LogP contribution in [0.3, 0.4) is 0 Å².